The standard InChI is InChI=1S/C8H21N3/c1-3-6-11-7-4-5-8(2,9)10/h11H,3-7,9-10H2,1-2H3. The first-order valence-electron chi connectivity index (χ1n) is 4.35. The summed E-state index contributed by atoms with van der Waals surface area (Å²) in [5.41, 5.74) is 10.7. The van der Waals surface area contributed by atoms with E-state index in [0.717, 1.165) is 25.9 Å². The summed E-state index contributed by atoms with van der Waals surface area (Å²) in [7, 11) is 0. The lowest BCUT2D eigenvalue weighted by Crippen LogP contribution is -2.46. The van der Waals surface area contributed by atoms with Crippen LogP contribution in [0.4, 0.5) is 0 Å². The quantitative estimate of drug-likeness (QED) is 0.388. The van der Waals surface area contributed by atoms with Crippen LogP contribution >= 0.6 is 0 Å². The molecule has 0 aromatic carbocycles. The molecule has 0 aliphatic heterocycles. The lowest BCUT2D eigenvalue weighted by atomic mass is 10.1. The molecule has 0 radical (unpaired) electrons. The van der Waals surface area contributed by atoms with Crippen LogP contribution in [0.3, 0.4) is 0 Å². The fourth-order valence-corrected chi connectivity index (χ4v) is 0.896. The minimum atomic E-state index is -0.492. The molecule has 0 bridgehead atoms. The molecule has 0 aliphatic carbocycles. The Morgan fingerprint density at radius 1 is 1.27 bits per heavy atom. The molecule has 0 saturated heterocycles. The van der Waals surface area contributed by atoms with Gasteiger partial charge in [0, 0.05) is 0 Å². The number of rotatable bonds is 6. The van der Waals surface area contributed by atoms with E-state index in [1.807, 2.05) is 6.92 Å². The van der Waals surface area contributed by atoms with Crippen LogP contribution in [-0.4, -0.2) is 18.8 Å². The van der Waals surface area contributed by atoms with Crippen LogP contribution in [0.15, 0.2) is 0 Å². The van der Waals surface area contributed by atoms with E-state index in [9.17, 15) is 0 Å². The Morgan fingerprint density at radius 3 is 2.36 bits per heavy atom. The second-order valence-electron chi connectivity index (χ2n) is 3.36. The van der Waals surface area contributed by atoms with Gasteiger partial charge in [-0.05, 0) is 39.3 Å². The fraction of sp³-hybridized carbons (Fsp3) is 1.00. The normalized spacial score (nSPS) is 12.0. The Morgan fingerprint density at radius 2 is 1.91 bits per heavy atom. The maximum Gasteiger partial charge on any atom is 0.0608 e. The predicted octanol–water partition coefficient (Wildman–Crippen LogP) is 0.400. The number of nitrogens with one attached hydrogen (secondary N) is 1. The molecule has 0 aromatic rings. The highest BCUT2D eigenvalue weighted by Crippen LogP contribution is 1.98. The summed E-state index contributed by atoms with van der Waals surface area (Å²) in [6, 6.07) is 0. The summed E-state index contributed by atoms with van der Waals surface area (Å²) in [6.45, 7) is 6.12. The van der Waals surface area contributed by atoms with E-state index in [-0.39, 0.29) is 0 Å². The summed E-state index contributed by atoms with van der Waals surface area (Å²) in [5, 5.41) is 3.30. The highest BCUT2D eigenvalue weighted by atomic mass is 14.9. The zero-order valence-electron chi connectivity index (χ0n) is 7.69. The molecule has 11 heavy (non-hydrogen) atoms. The SMILES string of the molecule is CCCNCCCC(C)(N)N. The van der Waals surface area contributed by atoms with E-state index in [2.05, 4.69) is 12.2 Å². The van der Waals surface area contributed by atoms with Crippen molar-refractivity contribution in [2.24, 2.45) is 11.5 Å². The van der Waals surface area contributed by atoms with Crippen LogP contribution in [-0.2, 0) is 0 Å². The van der Waals surface area contributed by atoms with Crippen LogP contribution in [0.1, 0.15) is 33.1 Å². The maximum atomic E-state index is 5.60. The minimum absolute atomic E-state index is 0.492. The van der Waals surface area contributed by atoms with Crippen molar-refractivity contribution in [1.82, 2.24) is 5.32 Å². The summed E-state index contributed by atoms with van der Waals surface area (Å²) in [6.07, 6.45) is 3.12. The molecule has 68 valence electrons. The van der Waals surface area contributed by atoms with Crippen molar-refractivity contribution >= 4 is 0 Å². The molecule has 5 N–H and O–H groups in total. The second kappa shape index (κ2) is 5.52. The topological polar surface area (TPSA) is 64.1 Å². The zero-order chi connectivity index (χ0) is 8.74. The minimum Gasteiger partial charge on any atom is -0.317 e. The molecule has 0 heterocycles. The molecule has 0 rings (SSSR count). The van der Waals surface area contributed by atoms with Crippen molar-refractivity contribution in [3.63, 3.8) is 0 Å². The van der Waals surface area contributed by atoms with Crippen molar-refractivity contribution in [3.05, 3.63) is 0 Å². The summed E-state index contributed by atoms with van der Waals surface area (Å²) in [4.78, 5) is 0. The second-order valence-corrected chi connectivity index (χ2v) is 3.36. The Bertz CT molecular complexity index is 85.8. The van der Waals surface area contributed by atoms with E-state index in [0.29, 0.717) is 0 Å². The molecule has 0 saturated carbocycles. The molecule has 0 atom stereocenters. The highest BCUT2D eigenvalue weighted by molar-refractivity contribution is 4.69. The summed E-state index contributed by atoms with van der Waals surface area (Å²) < 4.78 is 0. The maximum absolute atomic E-state index is 5.60. The molecular formula is C8H21N3. The third kappa shape index (κ3) is 9.88. The van der Waals surface area contributed by atoms with Gasteiger partial charge in [-0.15, -0.1) is 0 Å². The van der Waals surface area contributed by atoms with Gasteiger partial charge in [0.1, 0.15) is 0 Å². The molecule has 0 unspecified atom stereocenters. The van der Waals surface area contributed by atoms with Crippen LogP contribution in [0.5, 0.6) is 0 Å². The lowest BCUT2D eigenvalue weighted by molar-refractivity contribution is 0.427. The van der Waals surface area contributed by atoms with Crippen LogP contribution in [0.2, 0.25) is 0 Å². The van der Waals surface area contributed by atoms with Gasteiger partial charge in [-0.2, -0.15) is 0 Å². The molecule has 0 spiro atoms. The molecule has 0 fully saturated rings. The van der Waals surface area contributed by atoms with Gasteiger partial charge in [0.2, 0.25) is 0 Å². The first-order chi connectivity index (χ1) is 5.06. The first-order valence-corrected chi connectivity index (χ1v) is 4.35. The van der Waals surface area contributed by atoms with Gasteiger partial charge in [0.15, 0.2) is 0 Å². The molecule has 0 aliphatic rings. The van der Waals surface area contributed by atoms with E-state index in [1.165, 1.54) is 6.42 Å². The lowest BCUT2D eigenvalue weighted by Gasteiger charge is -2.17. The average molecular weight is 159 g/mol. The first kappa shape index (κ1) is 10.9. The average Bonchev–Trinajstić information content (AvgIpc) is 1.85. The Labute approximate surface area is 69.5 Å². The summed E-state index contributed by atoms with van der Waals surface area (Å²) in [5.74, 6) is 0. The van der Waals surface area contributed by atoms with Crippen LogP contribution in [0.25, 0.3) is 0 Å². The van der Waals surface area contributed by atoms with E-state index in [4.69, 9.17) is 11.5 Å². The third-order valence-electron chi connectivity index (χ3n) is 1.50. The Kier molecular flexibility index (Phi) is 5.46. The van der Waals surface area contributed by atoms with Gasteiger partial charge in [-0.25, -0.2) is 0 Å². The van der Waals surface area contributed by atoms with Crippen molar-refractivity contribution in [3.8, 4) is 0 Å². The zero-order valence-corrected chi connectivity index (χ0v) is 7.69. The molecule has 0 amide bonds. The van der Waals surface area contributed by atoms with Crippen molar-refractivity contribution < 1.29 is 0 Å². The Hall–Kier alpha value is -0.120. The molecule has 3 nitrogen and oxygen atoms in total. The van der Waals surface area contributed by atoms with Crippen LogP contribution < -0.4 is 16.8 Å². The van der Waals surface area contributed by atoms with E-state index >= 15 is 0 Å². The number of nitrogens with two attached hydrogens (primary N) is 2. The fourth-order valence-electron chi connectivity index (χ4n) is 0.896. The van der Waals surface area contributed by atoms with Gasteiger partial charge in [-0.1, -0.05) is 6.92 Å². The van der Waals surface area contributed by atoms with Crippen molar-refractivity contribution in [1.29, 1.82) is 0 Å². The molecule has 3 heteroatoms. The summed E-state index contributed by atoms with van der Waals surface area (Å²) >= 11 is 0. The third-order valence-corrected chi connectivity index (χ3v) is 1.50. The highest BCUT2D eigenvalue weighted by Gasteiger charge is 2.08. The Balaban J connectivity index is 3.02. The number of hydrogen-bond donors (Lipinski definition) is 3. The molecule has 0 aromatic heterocycles. The largest absolute Gasteiger partial charge is 0.317 e. The van der Waals surface area contributed by atoms with E-state index in [1.54, 1.807) is 0 Å². The predicted molar refractivity (Wildman–Crippen MR) is 49.2 cm³/mol. The van der Waals surface area contributed by atoms with E-state index < -0.39 is 5.66 Å². The van der Waals surface area contributed by atoms with Gasteiger partial charge in [-0.3, -0.25) is 0 Å². The van der Waals surface area contributed by atoms with Gasteiger partial charge >= 0.3 is 0 Å². The van der Waals surface area contributed by atoms with Crippen molar-refractivity contribution in [2.75, 3.05) is 13.1 Å². The number of hydrogen-bond acceptors (Lipinski definition) is 3. The van der Waals surface area contributed by atoms with Crippen LogP contribution in [0, 0.1) is 0 Å². The van der Waals surface area contributed by atoms with Crippen molar-refractivity contribution in [2.45, 2.75) is 38.8 Å². The smallest absolute Gasteiger partial charge is 0.0608 e. The molecular weight excluding hydrogens is 138 g/mol. The van der Waals surface area contributed by atoms with Gasteiger partial charge in [0.25, 0.3) is 0 Å². The van der Waals surface area contributed by atoms with Gasteiger partial charge in [0.05, 0.1) is 5.66 Å². The van der Waals surface area contributed by atoms with Gasteiger partial charge < -0.3 is 16.8 Å². The monoisotopic (exact) mass is 159 g/mol.